The Morgan fingerprint density at radius 2 is 1.48 bits per heavy atom. The minimum absolute atomic E-state index is 0.119. The summed E-state index contributed by atoms with van der Waals surface area (Å²) in [5.74, 6) is 1.50. The molecule has 1 unspecified atom stereocenters. The molecule has 0 aliphatic rings. The quantitative estimate of drug-likeness (QED) is 0.150. The summed E-state index contributed by atoms with van der Waals surface area (Å²) >= 11 is 0. The van der Waals surface area contributed by atoms with Gasteiger partial charge in [0, 0.05) is 13.0 Å². The van der Waals surface area contributed by atoms with Gasteiger partial charge in [0.1, 0.15) is 11.6 Å². The number of hydrogen-bond acceptors (Lipinski definition) is 4. The fraction of sp³-hybridized carbons (Fsp3) is 0.559. The van der Waals surface area contributed by atoms with Crippen molar-refractivity contribution in [3.8, 4) is 11.4 Å². The maximum Gasteiger partial charge on any atom is 0.266 e. The lowest BCUT2D eigenvalue weighted by Gasteiger charge is -2.32. The number of ether oxygens (including phenoxy) is 1. The smallest absolute Gasteiger partial charge is 0.266 e. The number of nitrogens with zero attached hydrogens (tertiary/aromatic N) is 3. The van der Waals surface area contributed by atoms with E-state index in [1.807, 2.05) is 53.4 Å². The summed E-state index contributed by atoms with van der Waals surface area (Å²) in [5, 5.41) is 0.568. The van der Waals surface area contributed by atoms with Gasteiger partial charge in [-0.25, -0.2) is 4.98 Å². The standard InChI is InChI=1S/C34H49N3O3/c1-5-8-10-11-12-13-14-15-16-21-32(38)36(26-9-6-2)31(7-3)33-35-30-20-18-17-19-29(30)34(39)37(33)27-22-24-28(40-4)25-23-27/h17-20,22-25,31H,5-16,21,26H2,1-4H3. The molecule has 0 radical (unpaired) electrons. The molecule has 0 fully saturated rings. The first-order chi connectivity index (χ1) is 19.5. The average molecular weight is 548 g/mol. The van der Waals surface area contributed by atoms with Crippen molar-refractivity contribution in [3.63, 3.8) is 0 Å². The van der Waals surface area contributed by atoms with Crippen LogP contribution in [0, 0.1) is 0 Å². The molecule has 3 aromatic rings. The van der Waals surface area contributed by atoms with Crippen LogP contribution in [0.1, 0.15) is 116 Å². The molecule has 218 valence electrons. The third kappa shape index (κ3) is 8.42. The minimum Gasteiger partial charge on any atom is -0.497 e. The highest BCUT2D eigenvalue weighted by Gasteiger charge is 2.28. The van der Waals surface area contributed by atoms with Crippen molar-refractivity contribution in [1.82, 2.24) is 14.5 Å². The molecule has 0 spiro atoms. The summed E-state index contributed by atoms with van der Waals surface area (Å²) in [7, 11) is 1.63. The second-order valence-corrected chi connectivity index (χ2v) is 10.8. The van der Waals surface area contributed by atoms with E-state index in [4.69, 9.17) is 9.72 Å². The third-order valence-electron chi connectivity index (χ3n) is 7.76. The van der Waals surface area contributed by atoms with Crippen molar-refractivity contribution in [3.05, 3.63) is 64.7 Å². The van der Waals surface area contributed by atoms with Gasteiger partial charge in [0.25, 0.3) is 5.56 Å². The number of methoxy groups -OCH3 is 1. The van der Waals surface area contributed by atoms with Gasteiger partial charge in [0.05, 0.1) is 29.7 Å². The Morgan fingerprint density at radius 1 is 0.850 bits per heavy atom. The second-order valence-electron chi connectivity index (χ2n) is 10.8. The average Bonchev–Trinajstić information content (AvgIpc) is 2.98. The normalized spacial score (nSPS) is 12.0. The van der Waals surface area contributed by atoms with Crippen LogP contribution in [0.5, 0.6) is 5.75 Å². The molecule has 0 bridgehead atoms. The van der Waals surface area contributed by atoms with Gasteiger partial charge < -0.3 is 9.64 Å². The molecule has 1 aromatic heterocycles. The highest BCUT2D eigenvalue weighted by molar-refractivity contribution is 5.79. The van der Waals surface area contributed by atoms with Gasteiger partial charge in [-0.2, -0.15) is 0 Å². The molecule has 2 aromatic carbocycles. The van der Waals surface area contributed by atoms with Gasteiger partial charge >= 0.3 is 0 Å². The zero-order valence-electron chi connectivity index (χ0n) is 25.2. The number of unbranched alkanes of at least 4 members (excludes halogenated alkanes) is 9. The number of carbonyl (C=O) groups excluding carboxylic acids is 1. The van der Waals surface area contributed by atoms with Crippen LogP contribution in [0.2, 0.25) is 0 Å². The first-order valence-electron chi connectivity index (χ1n) is 15.5. The monoisotopic (exact) mass is 547 g/mol. The summed E-state index contributed by atoms with van der Waals surface area (Å²) in [6.07, 6.45) is 14.1. The number of aromatic nitrogens is 2. The highest BCUT2D eigenvalue weighted by atomic mass is 16.5. The topological polar surface area (TPSA) is 64.4 Å². The maximum absolute atomic E-state index is 13.9. The van der Waals surface area contributed by atoms with Crippen molar-refractivity contribution in [2.75, 3.05) is 13.7 Å². The Balaban J connectivity index is 1.87. The SMILES string of the molecule is CCCCCCCCCCCC(=O)N(CCCC)C(CC)c1nc2ccccc2c(=O)n1-c1ccc(OC)cc1. The van der Waals surface area contributed by atoms with Crippen LogP contribution >= 0.6 is 0 Å². The zero-order chi connectivity index (χ0) is 28.7. The van der Waals surface area contributed by atoms with Crippen LogP contribution in [0.4, 0.5) is 0 Å². The number of benzene rings is 2. The molecular weight excluding hydrogens is 498 g/mol. The van der Waals surface area contributed by atoms with E-state index in [1.165, 1.54) is 44.9 Å². The molecule has 0 N–H and O–H groups in total. The molecule has 0 saturated carbocycles. The summed E-state index contributed by atoms with van der Waals surface area (Å²) in [5.41, 5.74) is 1.26. The first kappa shape index (κ1) is 31.4. The van der Waals surface area contributed by atoms with Crippen LogP contribution in [-0.4, -0.2) is 34.0 Å². The number of rotatable bonds is 18. The van der Waals surface area contributed by atoms with Gasteiger partial charge in [0.15, 0.2) is 0 Å². The van der Waals surface area contributed by atoms with Crippen LogP contribution in [-0.2, 0) is 4.79 Å². The van der Waals surface area contributed by atoms with Gasteiger partial charge in [-0.05, 0) is 55.7 Å². The summed E-state index contributed by atoms with van der Waals surface area (Å²) in [6.45, 7) is 7.13. The second kappa shape index (κ2) is 16.8. The first-order valence-corrected chi connectivity index (χ1v) is 15.5. The van der Waals surface area contributed by atoms with E-state index in [9.17, 15) is 9.59 Å². The van der Waals surface area contributed by atoms with Crippen molar-refractivity contribution < 1.29 is 9.53 Å². The maximum atomic E-state index is 13.9. The van der Waals surface area contributed by atoms with E-state index in [0.29, 0.717) is 36.1 Å². The molecule has 1 heterocycles. The van der Waals surface area contributed by atoms with Crippen LogP contribution in [0.3, 0.4) is 0 Å². The van der Waals surface area contributed by atoms with Crippen LogP contribution in [0.25, 0.3) is 16.6 Å². The Hall–Kier alpha value is -3.15. The lowest BCUT2D eigenvalue weighted by atomic mass is 10.0. The van der Waals surface area contributed by atoms with Crippen molar-refractivity contribution in [2.24, 2.45) is 0 Å². The van der Waals surface area contributed by atoms with Crippen molar-refractivity contribution >= 4 is 16.8 Å². The molecule has 0 aliphatic heterocycles. The lowest BCUT2D eigenvalue weighted by Crippen LogP contribution is -2.39. The fourth-order valence-electron chi connectivity index (χ4n) is 5.41. The zero-order valence-corrected chi connectivity index (χ0v) is 25.2. The fourth-order valence-corrected chi connectivity index (χ4v) is 5.41. The Kier molecular flexibility index (Phi) is 13.2. The van der Waals surface area contributed by atoms with E-state index in [1.54, 1.807) is 11.7 Å². The van der Waals surface area contributed by atoms with Gasteiger partial charge in [-0.3, -0.25) is 14.2 Å². The van der Waals surface area contributed by atoms with E-state index >= 15 is 0 Å². The van der Waals surface area contributed by atoms with Crippen LogP contribution in [0.15, 0.2) is 53.3 Å². The summed E-state index contributed by atoms with van der Waals surface area (Å²) in [4.78, 5) is 34.6. The van der Waals surface area contributed by atoms with Crippen LogP contribution < -0.4 is 10.3 Å². The molecule has 40 heavy (non-hydrogen) atoms. The molecule has 1 amide bonds. The number of amides is 1. The molecular formula is C34H49N3O3. The summed E-state index contributed by atoms with van der Waals surface area (Å²) < 4.78 is 7.04. The Bertz CT molecular complexity index is 1240. The van der Waals surface area contributed by atoms with Crippen molar-refractivity contribution in [2.45, 2.75) is 110 Å². The van der Waals surface area contributed by atoms with Gasteiger partial charge in [0.2, 0.25) is 5.91 Å². The van der Waals surface area contributed by atoms with E-state index < -0.39 is 0 Å². The molecule has 6 nitrogen and oxygen atoms in total. The molecule has 3 rings (SSSR count). The highest BCUT2D eigenvalue weighted by Crippen LogP contribution is 2.28. The number of para-hydroxylation sites is 1. The van der Waals surface area contributed by atoms with E-state index in [-0.39, 0.29) is 17.5 Å². The number of fused-ring (bicyclic) bond motifs is 1. The lowest BCUT2D eigenvalue weighted by molar-refractivity contribution is -0.134. The van der Waals surface area contributed by atoms with Gasteiger partial charge in [-0.1, -0.05) is 90.7 Å². The van der Waals surface area contributed by atoms with Gasteiger partial charge in [-0.15, -0.1) is 0 Å². The number of hydrogen-bond donors (Lipinski definition) is 0. The Labute approximate surface area is 240 Å². The largest absolute Gasteiger partial charge is 0.497 e. The predicted octanol–water partition coefficient (Wildman–Crippen LogP) is 8.40. The van der Waals surface area contributed by atoms with E-state index in [0.717, 1.165) is 37.1 Å². The minimum atomic E-state index is -0.294. The predicted molar refractivity (Wildman–Crippen MR) is 165 cm³/mol. The molecule has 6 heteroatoms. The summed E-state index contributed by atoms with van der Waals surface area (Å²) in [6, 6.07) is 14.6. The van der Waals surface area contributed by atoms with E-state index in [2.05, 4.69) is 20.8 Å². The third-order valence-corrected chi connectivity index (χ3v) is 7.76. The molecule has 0 aliphatic carbocycles. The van der Waals surface area contributed by atoms with Crippen molar-refractivity contribution in [1.29, 1.82) is 0 Å². The molecule has 1 atom stereocenters. The molecule has 0 saturated heterocycles. The number of carbonyl (C=O) groups is 1. The Morgan fingerprint density at radius 3 is 2.10 bits per heavy atom.